The first-order chi connectivity index (χ1) is 7.56. The lowest BCUT2D eigenvalue weighted by Gasteiger charge is -2.08. The second-order valence-electron chi connectivity index (χ2n) is 3.74. The summed E-state index contributed by atoms with van der Waals surface area (Å²) in [5.41, 5.74) is 27.3. The first kappa shape index (κ1) is 10.2. The van der Waals surface area contributed by atoms with Gasteiger partial charge in [-0.15, -0.1) is 0 Å². The van der Waals surface area contributed by atoms with E-state index < -0.39 is 0 Å². The molecule has 4 heteroatoms. The van der Waals surface area contributed by atoms with Gasteiger partial charge in [-0.2, -0.15) is 0 Å². The van der Waals surface area contributed by atoms with Crippen LogP contribution in [0.5, 0.6) is 0 Å². The molecule has 0 atom stereocenters. The highest BCUT2D eigenvalue weighted by molar-refractivity contribution is 5.82. The molecule has 0 aliphatic carbocycles. The van der Waals surface area contributed by atoms with Gasteiger partial charge in [0.15, 0.2) is 0 Å². The molecule has 0 heterocycles. The summed E-state index contributed by atoms with van der Waals surface area (Å²) in [4.78, 5) is 0. The molecule has 0 aromatic heterocycles. The maximum Gasteiger partial charge on any atom is 0.0414 e. The van der Waals surface area contributed by atoms with Gasteiger partial charge in [0.1, 0.15) is 0 Å². The highest BCUT2D eigenvalue weighted by Gasteiger charge is 2.04. The summed E-state index contributed by atoms with van der Waals surface area (Å²) in [6.45, 7) is 0. The monoisotopic (exact) mass is 214 g/mol. The molecule has 0 aliphatic heterocycles. The number of hydrogen-bond donors (Lipinski definition) is 4. The van der Waals surface area contributed by atoms with E-state index in [-0.39, 0.29) is 0 Å². The molecule has 0 amide bonds. The quantitative estimate of drug-likeness (QED) is 0.542. The Hall–Kier alpha value is -2.36. The first-order valence-electron chi connectivity index (χ1n) is 4.87. The van der Waals surface area contributed by atoms with Crippen LogP contribution < -0.4 is 22.9 Å². The number of nitrogen functional groups attached to an aromatic ring is 4. The van der Waals surface area contributed by atoms with Crippen LogP contribution in [0.2, 0.25) is 0 Å². The van der Waals surface area contributed by atoms with Crippen LogP contribution in [0.25, 0.3) is 11.1 Å². The number of hydrogen-bond acceptors (Lipinski definition) is 4. The van der Waals surface area contributed by atoms with Crippen LogP contribution in [0.4, 0.5) is 22.7 Å². The lowest BCUT2D eigenvalue weighted by atomic mass is 10.0. The standard InChI is InChI=1S/C12H14N4/c13-8-1-2-11(12(16)6-8)7-3-9(14)5-10(15)4-7/h1-6H,13-16H2. The predicted molar refractivity (Wildman–Crippen MR) is 69.5 cm³/mol. The number of nitrogens with two attached hydrogens (primary N) is 4. The summed E-state index contributed by atoms with van der Waals surface area (Å²) in [5.74, 6) is 0. The Morgan fingerprint density at radius 3 is 1.81 bits per heavy atom. The van der Waals surface area contributed by atoms with Crippen LogP contribution in [0.15, 0.2) is 36.4 Å². The summed E-state index contributed by atoms with van der Waals surface area (Å²) in [7, 11) is 0. The molecule has 4 nitrogen and oxygen atoms in total. The van der Waals surface area contributed by atoms with Gasteiger partial charge in [-0.3, -0.25) is 0 Å². The van der Waals surface area contributed by atoms with Crippen molar-refractivity contribution in [1.82, 2.24) is 0 Å². The fourth-order valence-corrected chi connectivity index (χ4v) is 1.68. The minimum Gasteiger partial charge on any atom is -0.399 e. The average molecular weight is 214 g/mol. The van der Waals surface area contributed by atoms with E-state index in [0.717, 1.165) is 11.1 Å². The molecule has 0 unspecified atom stereocenters. The Morgan fingerprint density at radius 2 is 1.25 bits per heavy atom. The van der Waals surface area contributed by atoms with Crippen LogP contribution in [-0.2, 0) is 0 Å². The molecule has 0 radical (unpaired) electrons. The van der Waals surface area contributed by atoms with E-state index in [0.29, 0.717) is 22.7 Å². The van der Waals surface area contributed by atoms with Crippen molar-refractivity contribution in [2.75, 3.05) is 22.9 Å². The maximum absolute atomic E-state index is 5.89. The van der Waals surface area contributed by atoms with Crippen molar-refractivity contribution in [2.24, 2.45) is 0 Å². The van der Waals surface area contributed by atoms with E-state index >= 15 is 0 Å². The van der Waals surface area contributed by atoms with Gasteiger partial charge in [0.05, 0.1) is 0 Å². The molecule has 8 N–H and O–H groups in total. The molecule has 0 fully saturated rings. The van der Waals surface area contributed by atoms with E-state index in [1.54, 1.807) is 18.2 Å². The number of rotatable bonds is 1. The largest absolute Gasteiger partial charge is 0.399 e. The lowest BCUT2D eigenvalue weighted by molar-refractivity contribution is 1.59. The highest BCUT2D eigenvalue weighted by atomic mass is 14.6. The lowest BCUT2D eigenvalue weighted by Crippen LogP contribution is -1.95. The predicted octanol–water partition coefficient (Wildman–Crippen LogP) is 1.68. The minimum absolute atomic E-state index is 0.616. The Kier molecular flexibility index (Phi) is 2.32. The Labute approximate surface area is 93.8 Å². The molecule has 2 aromatic carbocycles. The van der Waals surface area contributed by atoms with E-state index in [4.69, 9.17) is 22.9 Å². The second-order valence-corrected chi connectivity index (χ2v) is 3.74. The molecular weight excluding hydrogens is 200 g/mol. The second kappa shape index (κ2) is 3.66. The third kappa shape index (κ3) is 1.86. The minimum atomic E-state index is 0.616. The summed E-state index contributed by atoms with van der Waals surface area (Å²) in [5, 5.41) is 0. The van der Waals surface area contributed by atoms with Crippen molar-refractivity contribution in [3.05, 3.63) is 36.4 Å². The Bertz CT molecular complexity index is 514. The molecule has 0 spiro atoms. The van der Waals surface area contributed by atoms with E-state index in [1.165, 1.54) is 0 Å². The van der Waals surface area contributed by atoms with Crippen LogP contribution in [0, 0.1) is 0 Å². The third-order valence-corrected chi connectivity index (χ3v) is 2.36. The van der Waals surface area contributed by atoms with Crippen molar-refractivity contribution in [2.45, 2.75) is 0 Å². The van der Waals surface area contributed by atoms with Gasteiger partial charge in [-0.05, 0) is 35.9 Å². The van der Waals surface area contributed by atoms with Gasteiger partial charge < -0.3 is 22.9 Å². The summed E-state index contributed by atoms with van der Waals surface area (Å²) in [6.07, 6.45) is 0. The molecule has 0 aliphatic rings. The van der Waals surface area contributed by atoms with Crippen molar-refractivity contribution in [3.8, 4) is 11.1 Å². The van der Waals surface area contributed by atoms with Crippen molar-refractivity contribution in [1.29, 1.82) is 0 Å². The molecule has 2 rings (SSSR count). The van der Waals surface area contributed by atoms with Crippen LogP contribution in [0.3, 0.4) is 0 Å². The zero-order valence-electron chi connectivity index (χ0n) is 8.77. The van der Waals surface area contributed by atoms with Crippen LogP contribution >= 0.6 is 0 Å². The summed E-state index contributed by atoms with van der Waals surface area (Å²) < 4.78 is 0. The van der Waals surface area contributed by atoms with Gasteiger partial charge in [0, 0.05) is 28.3 Å². The zero-order valence-corrected chi connectivity index (χ0v) is 8.77. The van der Waals surface area contributed by atoms with Gasteiger partial charge in [-0.1, -0.05) is 6.07 Å². The topological polar surface area (TPSA) is 104 Å². The Balaban J connectivity index is 2.58. The van der Waals surface area contributed by atoms with Crippen LogP contribution in [0.1, 0.15) is 0 Å². The SMILES string of the molecule is Nc1cc(N)cc(-c2ccc(N)cc2N)c1. The van der Waals surface area contributed by atoms with Gasteiger partial charge >= 0.3 is 0 Å². The fraction of sp³-hybridized carbons (Fsp3) is 0. The van der Waals surface area contributed by atoms with Crippen molar-refractivity contribution >= 4 is 22.7 Å². The van der Waals surface area contributed by atoms with E-state index in [2.05, 4.69) is 0 Å². The first-order valence-corrected chi connectivity index (χ1v) is 4.87. The molecule has 0 saturated carbocycles. The van der Waals surface area contributed by atoms with Crippen LogP contribution in [-0.4, -0.2) is 0 Å². The molecule has 82 valence electrons. The third-order valence-electron chi connectivity index (χ3n) is 2.36. The van der Waals surface area contributed by atoms with Gasteiger partial charge in [0.25, 0.3) is 0 Å². The molecule has 0 saturated heterocycles. The summed E-state index contributed by atoms with van der Waals surface area (Å²) >= 11 is 0. The molecule has 16 heavy (non-hydrogen) atoms. The van der Waals surface area contributed by atoms with Gasteiger partial charge in [0.2, 0.25) is 0 Å². The smallest absolute Gasteiger partial charge is 0.0414 e. The maximum atomic E-state index is 5.89. The average Bonchev–Trinajstić information content (AvgIpc) is 2.15. The van der Waals surface area contributed by atoms with Crippen molar-refractivity contribution in [3.63, 3.8) is 0 Å². The van der Waals surface area contributed by atoms with Crippen molar-refractivity contribution < 1.29 is 0 Å². The number of benzene rings is 2. The molecule has 2 aromatic rings. The molecular formula is C12H14N4. The van der Waals surface area contributed by atoms with E-state index in [1.807, 2.05) is 18.2 Å². The molecule has 0 bridgehead atoms. The normalized spacial score (nSPS) is 10.2. The zero-order chi connectivity index (χ0) is 11.7. The summed E-state index contributed by atoms with van der Waals surface area (Å²) in [6, 6.07) is 10.7. The Morgan fingerprint density at radius 1 is 0.625 bits per heavy atom. The highest BCUT2D eigenvalue weighted by Crippen LogP contribution is 2.30. The number of anilines is 4. The van der Waals surface area contributed by atoms with E-state index in [9.17, 15) is 0 Å². The van der Waals surface area contributed by atoms with Gasteiger partial charge in [-0.25, -0.2) is 0 Å². The fourth-order valence-electron chi connectivity index (χ4n) is 1.68.